The lowest BCUT2D eigenvalue weighted by Gasteiger charge is -2.08. The van der Waals surface area contributed by atoms with E-state index < -0.39 is 0 Å². The van der Waals surface area contributed by atoms with Crippen molar-refractivity contribution >= 4 is 17.2 Å². The maximum Gasteiger partial charge on any atom is 0.221 e. The van der Waals surface area contributed by atoms with Crippen LogP contribution in [-0.2, 0) is 17.8 Å². The summed E-state index contributed by atoms with van der Waals surface area (Å²) in [5.41, 5.74) is 1.41. The molecule has 1 aromatic heterocycles. The highest BCUT2D eigenvalue weighted by Gasteiger charge is 2.04. The molecular weight excluding hydrogens is 232 g/mol. The van der Waals surface area contributed by atoms with Crippen molar-refractivity contribution in [3.05, 3.63) is 21.9 Å². The number of carbonyl (C=O) groups excluding carboxylic acids is 1. The molecule has 0 radical (unpaired) electrons. The predicted molar refractivity (Wildman–Crippen MR) is 73.3 cm³/mol. The average molecular weight is 254 g/mol. The Hall–Kier alpha value is -0.870. The third kappa shape index (κ3) is 5.33. The van der Waals surface area contributed by atoms with E-state index in [2.05, 4.69) is 29.0 Å². The van der Waals surface area contributed by atoms with Crippen LogP contribution in [0, 0.1) is 0 Å². The van der Waals surface area contributed by atoms with Gasteiger partial charge in [0, 0.05) is 30.4 Å². The summed E-state index contributed by atoms with van der Waals surface area (Å²) in [6.07, 6.45) is 1.62. The SMILES string of the molecule is CCc1ccsc1CNCCC(=O)NC(C)C. The monoisotopic (exact) mass is 254 g/mol. The summed E-state index contributed by atoms with van der Waals surface area (Å²) in [5.74, 6) is 0.120. The van der Waals surface area contributed by atoms with Crippen molar-refractivity contribution < 1.29 is 4.79 Å². The van der Waals surface area contributed by atoms with Crippen LogP contribution in [0.15, 0.2) is 11.4 Å². The number of aryl methyl sites for hydroxylation is 1. The first-order valence-electron chi connectivity index (χ1n) is 6.18. The largest absolute Gasteiger partial charge is 0.354 e. The Morgan fingerprint density at radius 1 is 1.47 bits per heavy atom. The van der Waals surface area contributed by atoms with E-state index in [0.29, 0.717) is 6.42 Å². The number of carbonyl (C=O) groups is 1. The molecule has 0 aromatic carbocycles. The second-order valence-corrected chi connectivity index (χ2v) is 5.37. The Labute approximate surface area is 108 Å². The molecule has 0 aliphatic heterocycles. The zero-order valence-corrected chi connectivity index (χ0v) is 11.7. The molecule has 17 heavy (non-hydrogen) atoms. The Morgan fingerprint density at radius 3 is 2.88 bits per heavy atom. The summed E-state index contributed by atoms with van der Waals surface area (Å²) in [7, 11) is 0. The maximum atomic E-state index is 11.4. The van der Waals surface area contributed by atoms with Gasteiger partial charge in [-0.2, -0.15) is 0 Å². The topological polar surface area (TPSA) is 41.1 Å². The number of nitrogens with one attached hydrogen (secondary N) is 2. The first kappa shape index (κ1) is 14.2. The molecule has 3 nitrogen and oxygen atoms in total. The molecule has 0 spiro atoms. The molecule has 1 aromatic rings. The van der Waals surface area contributed by atoms with Gasteiger partial charge in [0.05, 0.1) is 0 Å². The van der Waals surface area contributed by atoms with Crippen LogP contribution in [0.3, 0.4) is 0 Å². The van der Waals surface area contributed by atoms with Gasteiger partial charge in [0.2, 0.25) is 5.91 Å². The zero-order chi connectivity index (χ0) is 12.7. The first-order valence-corrected chi connectivity index (χ1v) is 7.06. The lowest BCUT2D eigenvalue weighted by molar-refractivity contribution is -0.121. The standard InChI is InChI=1S/C13H22N2OS/c1-4-11-6-8-17-12(11)9-14-7-5-13(16)15-10(2)3/h6,8,10,14H,4-5,7,9H2,1-3H3,(H,15,16). The number of hydrogen-bond donors (Lipinski definition) is 2. The average Bonchev–Trinajstić information content (AvgIpc) is 2.70. The fraction of sp³-hybridized carbons (Fsp3) is 0.615. The Balaban J connectivity index is 2.18. The summed E-state index contributed by atoms with van der Waals surface area (Å²) in [6.45, 7) is 7.73. The molecule has 0 saturated heterocycles. The summed E-state index contributed by atoms with van der Waals surface area (Å²) < 4.78 is 0. The van der Waals surface area contributed by atoms with Crippen LogP contribution in [-0.4, -0.2) is 18.5 Å². The van der Waals surface area contributed by atoms with Gasteiger partial charge in [0.1, 0.15) is 0 Å². The lowest BCUT2D eigenvalue weighted by atomic mass is 10.2. The Morgan fingerprint density at radius 2 is 2.24 bits per heavy atom. The molecule has 0 unspecified atom stereocenters. The van der Waals surface area contributed by atoms with E-state index in [1.54, 1.807) is 11.3 Å². The summed E-state index contributed by atoms with van der Waals surface area (Å²) in [4.78, 5) is 12.8. The fourth-order valence-electron chi connectivity index (χ4n) is 1.64. The smallest absolute Gasteiger partial charge is 0.221 e. The van der Waals surface area contributed by atoms with Gasteiger partial charge in [-0.05, 0) is 37.3 Å². The first-order chi connectivity index (χ1) is 8.13. The predicted octanol–water partition coefficient (Wildman–Crippen LogP) is 2.31. The highest BCUT2D eigenvalue weighted by atomic mass is 32.1. The van der Waals surface area contributed by atoms with Crippen LogP contribution in [0.5, 0.6) is 0 Å². The highest BCUT2D eigenvalue weighted by molar-refractivity contribution is 7.10. The van der Waals surface area contributed by atoms with Gasteiger partial charge in [0.25, 0.3) is 0 Å². The second kappa shape index (κ2) is 7.45. The van der Waals surface area contributed by atoms with E-state index in [0.717, 1.165) is 19.5 Å². The molecule has 96 valence electrons. The lowest BCUT2D eigenvalue weighted by Crippen LogP contribution is -2.32. The molecule has 0 saturated carbocycles. The molecule has 1 rings (SSSR count). The number of amides is 1. The zero-order valence-electron chi connectivity index (χ0n) is 10.9. The van der Waals surface area contributed by atoms with Crippen LogP contribution in [0.4, 0.5) is 0 Å². The van der Waals surface area contributed by atoms with Gasteiger partial charge in [0.15, 0.2) is 0 Å². The Kier molecular flexibility index (Phi) is 6.22. The molecule has 1 amide bonds. The molecule has 0 fully saturated rings. The maximum absolute atomic E-state index is 11.4. The molecule has 0 atom stereocenters. The normalized spacial score (nSPS) is 10.8. The van der Waals surface area contributed by atoms with Crippen LogP contribution in [0.1, 0.15) is 37.6 Å². The minimum atomic E-state index is 0.120. The van der Waals surface area contributed by atoms with Crippen molar-refractivity contribution in [3.63, 3.8) is 0 Å². The van der Waals surface area contributed by atoms with Gasteiger partial charge in [-0.1, -0.05) is 6.92 Å². The fourth-order valence-corrected chi connectivity index (χ4v) is 2.58. The molecule has 1 heterocycles. The van der Waals surface area contributed by atoms with Crippen LogP contribution >= 0.6 is 11.3 Å². The van der Waals surface area contributed by atoms with E-state index in [1.807, 2.05) is 13.8 Å². The van der Waals surface area contributed by atoms with Crippen LogP contribution in [0.2, 0.25) is 0 Å². The van der Waals surface area contributed by atoms with E-state index in [4.69, 9.17) is 0 Å². The second-order valence-electron chi connectivity index (χ2n) is 4.37. The van der Waals surface area contributed by atoms with Crippen molar-refractivity contribution in [1.29, 1.82) is 0 Å². The summed E-state index contributed by atoms with van der Waals surface area (Å²) in [6, 6.07) is 2.40. The van der Waals surface area contributed by atoms with Gasteiger partial charge in [-0.15, -0.1) is 11.3 Å². The molecule has 4 heteroatoms. The summed E-state index contributed by atoms with van der Waals surface area (Å²) >= 11 is 1.78. The van der Waals surface area contributed by atoms with Crippen molar-refractivity contribution in [2.75, 3.05) is 6.54 Å². The van der Waals surface area contributed by atoms with E-state index >= 15 is 0 Å². The quantitative estimate of drug-likeness (QED) is 0.733. The molecule has 2 N–H and O–H groups in total. The summed E-state index contributed by atoms with van der Waals surface area (Å²) in [5, 5.41) is 8.33. The molecule has 0 aliphatic carbocycles. The number of rotatable bonds is 7. The number of hydrogen-bond acceptors (Lipinski definition) is 3. The van der Waals surface area contributed by atoms with Crippen molar-refractivity contribution in [2.24, 2.45) is 0 Å². The van der Waals surface area contributed by atoms with Gasteiger partial charge >= 0.3 is 0 Å². The van der Waals surface area contributed by atoms with Crippen LogP contribution < -0.4 is 10.6 Å². The van der Waals surface area contributed by atoms with Crippen molar-refractivity contribution in [1.82, 2.24) is 10.6 Å². The van der Waals surface area contributed by atoms with E-state index in [1.165, 1.54) is 10.4 Å². The van der Waals surface area contributed by atoms with E-state index in [9.17, 15) is 4.79 Å². The Bertz CT molecular complexity index is 347. The third-order valence-electron chi connectivity index (χ3n) is 2.48. The molecular formula is C13H22N2OS. The van der Waals surface area contributed by atoms with Gasteiger partial charge in [-0.25, -0.2) is 0 Å². The highest BCUT2D eigenvalue weighted by Crippen LogP contribution is 2.16. The van der Waals surface area contributed by atoms with E-state index in [-0.39, 0.29) is 11.9 Å². The minimum absolute atomic E-state index is 0.120. The third-order valence-corrected chi connectivity index (χ3v) is 3.45. The van der Waals surface area contributed by atoms with Crippen LogP contribution in [0.25, 0.3) is 0 Å². The van der Waals surface area contributed by atoms with Crippen molar-refractivity contribution in [3.8, 4) is 0 Å². The minimum Gasteiger partial charge on any atom is -0.354 e. The molecule has 0 aliphatic rings. The van der Waals surface area contributed by atoms with Gasteiger partial charge in [-0.3, -0.25) is 4.79 Å². The van der Waals surface area contributed by atoms with Gasteiger partial charge < -0.3 is 10.6 Å². The number of thiophene rings is 1. The molecule has 0 bridgehead atoms. The van der Waals surface area contributed by atoms with Crippen molar-refractivity contribution in [2.45, 2.75) is 46.2 Å².